The van der Waals surface area contributed by atoms with E-state index in [1.807, 2.05) is 0 Å². The minimum Gasteiger partial charge on any atom is -0.495 e. The van der Waals surface area contributed by atoms with E-state index in [1.54, 1.807) is 18.2 Å². The lowest BCUT2D eigenvalue weighted by Gasteiger charge is -2.18. The van der Waals surface area contributed by atoms with E-state index >= 15 is 0 Å². The molecule has 3 N–H and O–H groups in total. The van der Waals surface area contributed by atoms with Crippen LogP contribution in [0.2, 0.25) is 0 Å². The first kappa shape index (κ1) is 16.3. The Morgan fingerprint density at radius 1 is 1.24 bits per heavy atom. The SMILES string of the molecule is COc1ccc(CN)cc1S(=O)(=O)NC1CCCCCC1. The Hall–Kier alpha value is -1.11. The van der Waals surface area contributed by atoms with Crippen LogP contribution in [-0.2, 0) is 16.6 Å². The van der Waals surface area contributed by atoms with E-state index < -0.39 is 10.0 Å². The van der Waals surface area contributed by atoms with E-state index in [-0.39, 0.29) is 10.9 Å². The molecule has 118 valence electrons. The number of hydrogen-bond acceptors (Lipinski definition) is 4. The molecule has 0 atom stereocenters. The molecule has 1 aliphatic carbocycles. The van der Waals surface area contributed by atoms with Crippen LogP contribution >= 0.6 is 0 Å². The highest BCUT2D eigenvalue weighted by Gasteiger charge is 2.24. The standard InChI is InChI=1S/C15H24N2O3S/c1-20-14-9-8-12(11-16)10-15(14)21(18,19)17-13-6-4-2-3-5-7-13/h8-10,13,17H,2-7,11,16H2,1H3. The fourth-order valence-electron chi connectivity index (χ4n) is 2.74. The van der Waals surface area contributed by atoms with Crippen molar-refractivity contribution in [2.75, 3.05) is 7.11 Å². The van der Waals surface area contributed by atoms with Gasteiger partial charge in [0, 0.05) is 12.6 Å². The molecule has 0 aromatic heterocycles. The molecule has 1 fully saturated rings. The van der Waals surface area contributed by atoms with Crippen molar-refractivity contribution in [1.29, 1.82) is 0 Å². The molecule has 1 aliphatic rings. The number of ether oxygens (including phenoxy) is 1. The molecule has 5 nitrogen and oxygen atoms in total. The summed E-state index contributed by atoms with van der Waals surface area (Å²) >= 11 is 0. The number of rotatable bonds is 5. The van der Waals surface area contributed by atoms with E-state index in [0.717, 1.165) is 31.2 Å². The van der Waals surface area contributed by atoms with Gasteiger partial charge in [-0.15, -0.1) is 0 Å². The van der Waals surface area contributed by atoms with Crippen molar-refractivity contribution in [1.82, 2.24) is 4.72 Å². The minimum atomic E-state index is -3.58. The third-order valence-corrected chi connectivity index (χ3v) is 5.47. The molecule has 0 unspecified atom stereocenters. The predicted octanol–water partition coefficient (Wildman–Crippen LogP) is 2.16. The average Bonchev–Trinajstić information content (AvgIpc) is 2.74. The molecule has 0 radical (unpaired) electrons. The number of nitrogens with one attached hydrogen (secondary N) is 1. The molecule has 0 saturated heterocycles. The first-order valence-corrected chi connectivity index (χ1v) is 8.94. The first-order valence-electron chi connectivity index (χ1n) is 7.46. The molecule has 0 bridgehead atoms. The lowest BCUT2D eigenvalue weighted by atomic mass is 10.1. The van der Waals surface area contributed by atoms with E-state index in [4.69, 9.17) is 10.5 Å². The van der Waals surface area contributed by atoms with Crippen molar-refractivity contribution in [3.63, 3.8) is 0 Å². The van der Waals surface area contributed by atoms with Gasteiger partial charge in [0.2, 0.25) is 10.0 Å². The highest BCUT2D eigenvalue weighted by molar-refractivity contribution is 7.89. The maximum atomic E-state index is 12.6. The van der Waals surface area contributed by atoms with Gasteiger partial charge in [0.15, 0.2) is 0 Å². The molecule has 0 amide bonds. The maximum absolute atomic E-state index is 12.6. The molecular formula is C15H24N2O3S. The maximum Gasteiger partial charge on any atom is 0.244 e. The molecule has 0 spiro atoms. The van der Waals surface area contributed by atoms with Crippen LogP contribution in [0.25, 0.3) is 0 Å². The van der Waals surface area contributed by atoms with Gasteiger partial charge in [-0.2, -0.15) is 0 Å². The van der Waals surface area contributed by atoms with Crippen molar-refractivity contribution in [3.05, 3.63) is 23.8 Å². The Morgan fingerprint density at radius 3 is 2.48 bits per heavy atom. The van der Waals surface area contributed by atoms with Crippen LogP contribution in [0.15, 0.2) is 23.1 Å². The summed E-state index contributed by atoms with van der Waals surface area (Å²) in [5, 5.41) is 0. The summed E-state index contributed by atoms with van der Waals surface area (Å²) in [5.74, 6) is 0.355. The smallest absolute Gasteiger partial charge is 0.244 e. The largest absolute Gasteiger partial charge is 0.495 e. The van der Waals surface area contributed by atoms with Crippen LogP contribution in [0, 0.1) is 0 Å². The molecule has 0 aliphatic heterocycles. The second-order valence-electron chi connectivity index (χ2n) is 5.50. The Kier molecular flexibility index (Phi) is 5.61. The summed E-state index contributed by atoms with van der Waals surface area (Å²) in [4.78, 5) is 0.178. The highest BCUT2D eigenvalue weighted by Crippen LogP contribution is 2.26. The van der Waals surface area contributed by atoms with Crippen LogP contribution in [0.4, 0.5) is 0 Å². The zero-order valence-corrected chi connectivity index (χ0v) is 13.3. The third-order valence-electron chi connectivity index (χ3n) is 3.93. The van der Waals surface area contributed by atoms with Gasteiger partial charge in [-0.3, -0.25) is 0 Å². The second kappa shape index (κ2) is 7.24. The predicted molar refractivity (Wildman–Crippen MR) is 82.7 cm³/mol. The van der Waals surface area contributed by atoms with Gasteiger partial charge in [-0.1, -0.05) is 31.7 Å². The van der Waals surface area contributed by atoms with Gasteiger partial charge in [-0.25, -0.2) is 13.1 Å². The summed E-state index contributed by atoms with van der Waals surface area (Å²) in [6.45, 7) is 0.302. The van der Waals surface area contributed by atoms with Crippen molar-refractivity contribution >= 4 is 10.0 Å². The molecule has 6 heteroatoms. The van der Waals surface area contributed by atoms with Crippen molar-refractivity contribution < 1.29 is 13.2 Å². The third kappa shape index (κ3) is 4.18. The van der Waals surface area contributed by atoms with Gasteiger partial charge in [0.25, 0.3) is 0 Å². The van der Waals surface area contributed by atoms with E-state index in [1.165, 1.54) is 20.0 Å². The quantitative estimate of drug-likeness (QED) is 0.816. The van der Waals surface area contributed by atoms with Crippen LogP contribution in [0.1, 0.15) is 44.1 Å². The molecule has 1 saturated carbocycles. The molecule has 1 aromatic carbocycles. The lowest BCUT2D eigenvalue weighted by Crippen LogP contribution is -2.34. The minimum absolute atomic E-state index is 0.0174. The van der Waals surface area contributed by atoms with Crippen LogP contribution in [0.5, 0.6) is 5.75 Å². The lowest BCUT2D eigenvalue weighted by molar-refractivity contribution is 0.401. The molecule has 21 heavy (non-hydrogen) atoms. The van der Waals surface area contributed by atoms with Gasteiger partial charge < -0.3 is 10.5 Å². The number of hydrogen-bond donors (Lipinski definition) is 2. The van der Waals surface area contributed by atoms with Gasteiger partial charge in [0.05, 0.1) is 7.11 Å². The van der Waals surface area contributed by atoms with Gasteiger partial charge in [0.1, 0.15) is 10.6 Å². The van der Waals surface area contributed by atoms with E-state index in [9.17, 15) is 8.42 Å². The Bertz CT molecular complexity index is 564. The van der Waals surface area contributed by atoms with Crippen LogP contribution in [0.3, 0.4) is 0 Å². The number of nitrogens with two attached hydrogens (primary N) is 1. The first-order chi connectivity index (χ1) is 10.1. The summed E-state index contributed by atoms with van der Waals surface area (Å²) in [6.07, 6.45) is 6.32. The van der Waals surface area contributed by atoms with E-state index in [2.05, 4.69) is 4.72 Å². The zero-order chi connectivity index (χ0) is 15.3. The number of methoxy groups -OCH3 is 1. The molecule has 1 aromatic rings. The summed E-state index contributed by atoms with van der Waals surface area (Å²) in [6, 6.07) is 5.05. The normalized spacial score (nSPS) is 17.4. The fourth-order valence-corrected chi connectivity index (χ4v) is 4.26. The monoisotopic (exact) mass is 312 g/mol. The van der Waals surface area contributed by atoms with Crippen LogP contribution < -0.4 is 15.2 Å². The summed E-state index contributed by atoms with van der Waals surface area (Å²) < 4.78 is 33.3. The fraction of sp³-hybridized carbons (Fsp3) is 0.600. The topological polar surface area (TPSA) is 81.4 Å². The summed E-state index contributed by atoms with van der Waals surface area (Å²) in [7, 11) is -2.11. The average molecular weight is 312 g/mol. The van der Waals surface area contributed by atoms with E-state index in [0.29, 0.717) is 12.3 Å². The molecule has 2 rings (SSSR count). The van der Waals surface area contributed by atoms with Crippen molar-refractivity contribution in [2.24, 2.45) is 5.73 Å². The summed E-state index contributed by atoms with van der Waals surface area (Å²) in [5.41, 5.74) is 6.38. The second-order valence-corrected chi connectivity index (χ2v) is 7.18. The Morgan fingerprint density at radius 2 is 1.90 bits per heavy atom. The Labute approximate surface area is 126 Å². The van der Waals surface area contributed by atoms with Crippen molar-refractivity contribution in [2.45, 2.75) is 56.0 Å². The van der Waals surface area contributed by atoms with Gasteiger partial charge in [-0.05, 0) is 30.5 Å². The van der Waals surface area contributed by atoms with Gasteiger partial charge >= 0.3 is 0 Å². The number of benzene rings is 1. The number of sulfonamides is 1. The van der Waals surface area contributed by atoms with Crippen molar-refractivity contribution in [3.8, 4) is 5.75 Å². The van der Waals surface area contributed by atoms with Crippen LogP contribution in [-0.4, -0.2) is 21.6 Å². The molecular weight excluding hydrogens is 288 g/mol. The zero-order valence-electron chi connectivity index (χ0n) is 12.5. The Balaban J connectivity index is 2.25. The highest BCUT2D eigenvalue weighted by atomic mass is 32.2. The molecule has 0 heterocycles.